The summed E-state index contributed by atoms with van der Waals surface area (Å²) < 4.78 is 2.07. The lowest BCUT2D eigenvalue weighted by atomic mass is 10.1. The molecule has 1 saturated heterocycles. The van der Waals surface area contributed by atoms with Gasteiger partial charge in [-0.05, 0) is 80.4 Å². The molecule has 0 bridgehead atoms. The van der Waals surface area contributed by atoms with Crippen molar-refractivity contribution in [1.82, 2.24) is 14.5 Å². The smallest absolute Gasteiger partial charge is 0.294 e. The van der Waals surface area contributed by atoms with E-state index in [1.54, 1.807) is 18.5 Å². The number of nitrogens with one attached hydrogen (secondary N) is 1. The topological polar surface area (TPSA) is 84.3 Å². The van der Waals surface area contributed by atoms with Crippen molar-refractivity contribution in [3.63, 3.8) is 0 Å². The molecular formula is C25H24N4O3S. The number of thioether (sulfide) groups is 1. The zero-order valence-electron chi connectivity index (χ0n) is 18.9. The average molecular weight is 461 g/mol. The third kappa shape index (κ3) is 4.47. The molecule has 1 N–H and O–H groups in total. The van der Waals surface area contributed by atoms with Crippen LogP contribution in [0.2, 0.25) is 0 Å². The van der Waals surface area contributed by atoms with Crippen molar-refractivity contribution in [3.8, 4) is 5.69 Å². The van der Waals surface area contributed by atoms with E-state index >= 15 is 0 Å². The first kappa shape index (κ1) is 22.5. The molecule has 1 fully saturated rings. The summed E-state index contributed by atoms with van der Waals surface area (Å²) in [5.41, 5.74) is 6.29. The fourth-order valence-electron chi connectivity index (χ4n) is 3.94. The Morgan fingerprint density at radius 2 is 1.73 bits per heavy atom. The molecule has 168 valence electrons. The van der Waals surface area contributed by atoms with Gasteiger partial charge in [-0.1, -0.05) is 18.2 Å². The molecule has 3 heterocycles. The molecule has 0 saturated carbocycles. The molecule has 0 unspecified atom stereocenters. The van der Waals surface area contributed by atoms with Crippen LogP contribution in [0.15, 0.2) is 53.7 Å². The molecule has 4 rings (SSSR count). The standard InChI is InChI=1S/C25H24N4O3S/c1-15-6-5-7-16(2)23(15)27-22(30)14-28-24(31)21(33-25(28)32)13-19-12-17(3)29(18(19)4)20-8-10-26-11-9-20/h5-13H,14H2,1-4H3,(H,27,30)/b21-13+. The van der Waals surface area contributed by atoms with Gasteiger partial charge >= 0.3 is 0 Å². The van der Waals surface area contributed by atoms with Gasteiger partial charge < -0.3 is 9.88 Å². The second kappa shape index (κ2) is 9.07. The van der Waals surface area contributed by atoms with Crippen molar-refractivity contribution in [2.75, 3.05) is 11.9 Å². The number of pyridine rings is 1. The summed E-state index contributed by atoms with van der Waals surface area (Å²) in [6.45, 7) is 7.41. The zero-order chi connectivity index (χ0) is 23.7. The third-order valence-electron chi connectivity index (χ3n) is 5.60. The fourth-order valence-corrected chi connectivity index (χ4v) is 4.77. The van der Waals surface area contributed by atoms with E-state index in [1.807, 2.05) is 64.1 Å². The van der Waals surface area contributed by atoms with Crippen LogP contribution in [-0.2, 0) is 9.59 Å². The number of aromatic nitrogens is 2. The van der Waals surface area contributed by atoms with Crippen LogP contribution in [0.4, 0.5) is 10.5 Å². The molecular weight excluding hydrogens is 436 g/mol. The van der Waals surface area contributed by atoms with Crippen LogP contribution in [-0.4, -0.2) is 38.0 Å². The fraction of sp³-hybridized carbons (Fsp3) is 0.200. The maximum Gasteiger partial charge on any atom is 0.294 e. The number of hydrogen-bond donors (Lipinski definition) is 1. The normalized spacial score (nSPS) is 14.9. The number of amides is 3. The third-order valence-corrected chi connectivity index (χ3v) is 6.51. The maximum absolute atomic E-state index is 12.9. The first-order valence-corrected chi connectivity index (χ1v) is 11.3. The summed E-state index contributed by atoms with van der Waals surface area (Å²) in [5, 5.41) is 2.37. The first-order valence-electron chi connectivity index (χ1n) is 10.5. The van der Waals surface area contributed by atoms with Crippen LogP contribution in [0.1, 0.15) is 28.1 Å². The van der Waals surface area contributed by atoms with E-state index < -0.39 is 17.1 Å². The first-order chi connectivity index (χ1) is 15.8. The predicted molar refractivity (Wildman–Crippen MR) is 130 cm³/mol. The van der Waals surface area contributed by atoms with Crippen molar-refractivity contribution in [1.29, 1.82) is 0 Å². The quantitative estimate of drug-likeness (QED) is 0.554. The van der Waals surface area contributed by atoms with Gasteiger partial charge in [0, 0.05) is 35.2 Å². The predicted octanol–water partition coefficient (Wildman–Crippen LogP) is 4.78. The number of carbonyl (C=O) groups is 3. The lowest BCUT2D eigenvalue weighted by molar-refractivity contribution is -0.127. The van der Waals surface area contributed by atoms with E-state index in [0.717, 1.165) is 50.4 Å². The lowest BCUT2D eigenvalue weighted by Crippen LogP contribution is -2.36. The van der Waals surface area contributed by atoms with Gasteiger partial charge in [0.05, 0.1) is 4.91 Å². The minimum absolute atomic E-state index is 0.301. The molecule has 0 atom stereocenters. The van der Waals surface area contributed by atoms with Crippen LogP contribution >= 0.6 is 11.8 Å². The number of anilines is 1. The number of rotatable bonds is 5. The summed E-state index contributed by atoms with van der Waals surface area (Å²) in [6.07, 6.45) is 5.17. The highest BCUT2D eigenvalue weighted by Gasteiger charge is 2.36. The Morgan fingerprint density at radius 3 is 2.39 bits per heavy atom. The Kier molecular flexibility index (Phi) is 6.20. The van der Waals surface area contributed by atoms with Gasteiger partial charge in [-0.25, -0.2) is 0 Å². The SMILES string of the molecule is Cc1cccc(C)c1NC(=O)CN1C(=O)S/C(=C/c2cc(C)n(-c3ccncc3)c2C)C1=O. The number of carbonyl (C=O) groups excluding carboxylic acids is 3. The Hall–Kier alpha value is -3.65. The number of benzene rings is 1. The number of hydrogen-bond acceptors (Lipinski definition) is 5. The van der Waals surface area contributed by atoms with Crippen LogP contribution < -0.4 is 5.32 Å². The summed E-state index contributed by atoms with van der Waals surface area (Å²) in [4.78, 5) is 43.4. The van der Waals surface area contributed by atoms with Crippen molar-refractivity contribution in [2.24, 2.45) is 0 Å². The van der Waals surface area contributed by atoms with E-state index in [2.05, 4.69) is 14.9 Å². The second-order valence-corrected chi connectivity index (χ2v) is 8.94. The van der Waals surface area contributed by atoms with Crippen LogP contribution in [0.25, 0.3) is 11.8 Å². The monoisotopic (exact) mass is 460 g/mol. The minimum atomic E-state index is -0.463. The summed E-state index contributed by atoms with van der Waals surface area (Å²) >= 11 is 0.850. The molecule has 0 spiro atoms. The van der Waals surface area contributed by atoms with Crippen molar-refractivity contribution < 1.29 is 14.4 Å². The molecule has 0 aliphatic carbocycles. The zero-order valence-corrected chi connectivity index (χ0v) is 19.7. The van der Waals surface area contributed by atoms with Gasteiger partial charge in [0.2, 0.25) is 5.91 Å². The Bertz CT molecular complexity index is 1270. The largest absolute Gasteiger partial charge is 0.324 e. The van der Waals surface area contributed by atoms with E-state index in [9.17, 15) is 14.4 Å². The summed E-state index contributed by atoms with van der Waals surface area (Å²) in [5.74, 6) is -0.873. The number of para-hydroxylation sites is 1. The molecule has 33 heavy (non-hydrogen) atoms. The van der Waals surface area contributed by atoms with Crippen LogP contribution in [0.5, 0.6) is 0 Å². The van der Waals surface area contributed by atoms with E-state index in [0.29, 0.717) is 10.6 Å². The molecule has 7 nitrogen and oxygen atoms in total. The maximum atomic E-state index is 12.9. The summed E-state index contributed by atoms with van der Waals surface area (Å²) in [6, 6.07) is 11.5. The Morgan fingerprint density at radius 1 is 1.06 bits per heavy atom. The van der Waals surface area contributed by atoms with Crippen molar-refractivity contribution in [2.45, 2.75) is 27.7 Å². The number of nitrogens with zero attached hydrogens (tertiary/aromatic N) is 3. The average Bonchev–Trinajstić information content (AvgIpc) is 3.20. The van der Waals surface area contributed by atoms with Gasteiger partial charge in [-0.3, -0.25) is 24.3 Å². The molecule has 1 aliphatic rings. The van der Waals surface area contributed by atoms with Gasteiger partial charge in [-0.15, -0.1) is 0 Å². The highest BCUT2D eigenvalue weighted by molar-refractivity contribution is 8.18. The van der Waals surface area contributed by atoms with Gasteiger partial charge in [-0.2, -0.15) is 0 Å². The molecule has 3 amide bonds. The molecule has 8 heteroatoms. The van der Waals surface area contributed by atoms with Gasteiger partial charge in [0.15, 0.2) is 0 Å². The van der Waals surface area contributed by atoms with Crippen molar-refractivity contribution >= 4 is 40.6 Å². The highest BCUT2D eigenvalue weighted by Crippen LogP contribution is 2.33. The van der Waals surface area contributed by atoms with Crippen molar-refractivity contribution in [3.05, 3.63) is 81.8 Å². The molecule has 2 aromatic heterocycles. The highest BCUT2D eigenvalue weighted by atomic mass is 32.2. The van der Waals surface area contributed by atoms with E-state index in [1.165, 1.54) is 0 Å². The second-order valence-electron chi connectivity index (χ2n) is 7.95. The van der Waals surface area contributed by atoms with Gasteiger partial charge in [0.1, 0.15) is 6.54 Å². The van der Waals surface area contributed by atoms with Gasteiger partial charge in [0.25, 0.3) is 11.1 Å². The molecule has 1 aromatic carbocycles. The number of aryl methyl sites for hydroxylation is 3. The Labute approximate surface area is 196 Å². The minimum Gasteiger partial charge on any atom is -0.324 e. The van der Waals surface area contributed by atoms with E-state index in [4.69, 9.17) is 0 Å². The molecule has 0 radical (unpaired) electrons. The van der Waals surface area contributed by atoms with Crippen LogP contribution in [0, 0.1) is 27.7 Å². The molecule has 1 aliphatic heterocycles. The molecule has 3 aromatic rings. The Balaban J connectivity index is 1.54. The van der Waals surface area contributed by atoms with Crippen LogP contribution in [0.3, 0.4) is 0 Å². The number of imide groups is 1. The van der Waals surface area contributed by atoms with E-state index in [-0.39, 0.29) is 6.54 Å². The summed E-state index contributed by atoms with van der Waals surface area (Å²) in [7, 11) is 0. The lowest BCUT2D eigenvalue weighted by Gasteiger charge is -2.15.